The Morgan fingerprint density at radius 3 is 2.48 bits per heavy atom. The van der Waals surface area contributed by atoms with E-state index in [-0.39, 0.29) is 18.3 Å². The highest BCUT2D eigenvalue weighted by Gasteiger charge is 2.12. The molecule has 0 fully saturated rings. The Morgan fingerprint density at radius 1 is 1.11 bits per heavy atom. The van der Waals surface area contributed by atoms with Gasteiger partial charge in [-0.15, -0.1) is 10.2 Å². The summed E-state index contributed by atoms with van der Waals surface area (Å²) in [4.78, 5) is 11.9. The number of ether oxygens (including phenoxy) is 1. The van der Waals surface area contributed by atoms with Gasteiger partial charge in [0.1, 0.15) is 12.4 Å². The molecule has 0 N–H and O–H groups in total. The third kappa shape index (κ3) is 5.58. The highest BCUT2D eigenvalue weighted by molar-refractivity contribution is 7.99. The molecule has 1 aromatic heterocycles. The van der Waals surface area contributed by atoms with E-state index in [0.29, 0.717) is 22.1 Å². The quantitative estimate of drug-likeness (QED) is 0.392. The zero-order valence-corrected chi connectivity index (χ0v) is 16.6. The van der Waals surface area contributed by atoms with Crippen LogP contribution in [0.25, 0.3) is 11.5 Å². The Labute approximate surface area is 167 Å². The first-order valence-corrected chi connectivity index (χ1v) is 9.84. The maximum absolute atomic E-state index is 11.9. The number of thioether (sulfide) groups is 1. The van der Waals surface area contributed by atoms with Gasteiger partial charge in [0.2, 0.25) is 5.89 Å². The van der Waals surface area contributed by atoms with Crippen molar-refractivity contribution in [1.82, 2.24) is 10.2 Å². The van der Waals surface area contributed by atoms with Crippen LogP contribution in [-0.4, -0.2) is 21.9 Å². The maximum atomic E-state index is 11.9. The number of rotatable bonds is 7. The van der Waals surface area contributed by atoms with E-state index in [2.05, 4.69) is 36.2 Å². The molecule has 0 aliphatic rings. The molecule has 5 nitrogen and oxygen atoms in total. The first-order valence-electron chi connectivity index (χ1n) is 8.48. The van der Waals surface area contributed by atoms with E-state index >= 15 is 0 Å². The predicted octanol–water partition coefficient (Wildman–Crippen LogP) is 5.35. The third-order valence-electron chi connectivity index (χ3n) is 3.86. The van der Waals surface area contributed by atoms with Crippen molar-refractivity contribution in [3.8, 4) is 11.5 Å². The Hall–Kier alpha value is -2.31. The number of benzene rings is 2. The van der Waals surface area contributed by atoms with Crippen molar-refractivity contribution >= 4 is 29.3 Å². The standard InChI is InChI=1S/C20H19ClN2O3S/c1-13(2)15-5-3-14(4-6-15)11-25-18(24)12-27-20-23-22-19(26-20)16-7-9-17(21)10-8-16/h3-10,13H,11-12H2,1-2H3. The van der Waals surface area contributed by atoms with Crippen LogP contribution in [0, 0.1) is 0 Å². The van der Waals surface area contributed by atoms with Crippen LogP contribution in [0.1, 0.15) is 30.9 Å². The fourth-order valence-corrected chi connectivity index (χ4v) is 2.99. The average molecular weight is 403 g/mol. The predicted molar refractivity (Wildman–Crippen MR) is 106 cm³/mol. The summed E-state index contributed by atoms with van der Waals surface area (Å²) in [6.07, 6.45) is 0. The van der Waals surface area contributed by atoms with E-state index in [1.165, 1.54) is 5.56 Å². The number of aromatic nitrogens is 2. The van der Waals surface area contributed by atoms with E-state index in [1.807, 2.05) is 12.1 Å². The first-order chi connectivity index (χ1) is 13.0. The van der Waals surface area contributed by atoms with Crippen molar-refractivity contribution in [3.63, 3.8) is 0 Å². The maximum Gasteiger partial charge on any atom is 0.316 e. The summed E-state index contributed by atoms with van der Waals surface area (Å²) in [7, 11) is 0. The fraction of sp³-hybridized carbons (Fsp3) is 0.250. The average Bonchev–Trinajstić information content (AvgIpc) is 3.14. The molecule has 0 saturated heterocycles. The smallest absolute Gasteiger partial charge is 0.316 e. The lowest BCUT2D eigenvalue weighted by Gasteiger charge is -2.07. The van der Waals surface area contributed by atoms with Crippen LogP contribution in [0.15, 0.2) is 58.2 Å². The Kier molecular flexibility index (Phi) is 6.53. The molecule has 3 aromatic rings. The van der Waals surface area contributed by atoms with Gasteiger partial charge in [0, 0.05) is 10.6 Å². The topological polar surface area (TPSA) is 65.2 Å². The fourth-order valence-electron chi connectivity index (χ4n) is 2.30. The van der Waals surface area contributed by atoms with E-state index in [4.69, 9.17) is 20.8 Å². The van der Waals surface area contributed by atoms with Crippen molar-refractivity contribution in [2.75, 3.05) is 5.75 Å². The lowest BCUT2D eigenvalue weighted by molar-refractivity contribution is -0.141. The minimum absolute atomic E-state index is 0.104. The van der Waals surface area contributed by atoms with Gasteiger partial charge in [0.25, 0.3) is 5.22 Å². The van der Waals surface area contributed by atoms with Gasteiger partial charge in [-0.1, -0.05) is 61.5 Å². The summed E-state index contributed by atoms with van der Waals surface area (Å²) < 4.78 is 10.8. The molecule has 1 heterocycles. The summed E-state index contributed by atoms with van der Waals surface area (Å²) in [6.45, 7) is 4.53. The molecule has 140 valence electrons. The number of hydrogen-bond donors (Lipinski definition) is 0. The molecular weight excluding hydrogens is 384 g/mol. The second-order valence-electron chi connectivity index (χ2n) is 6.23. The van der Waals surface area contributed by atoms with Crippen LogP contribution in [0.5, 0.6) is 0 Å². The lowest BCUT2D eigenvalue weighted by Crippen LogP contribution is -2.07. The van der Waals surface area contributed by atoms with Crippen molar-refractivity contribution in [3.05, 3.63) is 64.7 Å². The van der Waals surface area contributed by atoms with Gasteiger partial charge in [-0.25, -0.2) is 0 Å². The number of esters is 1. The second-order valence-corrected chi connectivity index (χ2v) is 7.59. The van der Waals surface area contributed by atoms with Crippen LogP contribution in [-0.2, 0) is 16.1 Å². The number of nitrogens with zero attached hydrogens (tertiary/aromatic N) is 2. The number of carbonyl (C=O) groups excluding carboxylic acids is 1. The third-order valence-corrected chi connectivity index (χ3v) is 4.90. The van der Waals surface area contributed by atoms with Crippen LogP contribution < -0.4 is 0 Å². The zero-order valence-electron chi connectivity index (χ0n) is 15.0. The Morgan fingerprint density at radius 2 is 1.81 bits per heavy atom. The summed E-state index contributed by atoms with van der Waals surface area (Å²) in [6, 6.07) is 15.2. The highest BCUT2D eigenvalue weighted by atomic mass is 35.5. The van der Waals surface area contributed by atoms with Crippen LogP contribution in [0.4, 0.5) is 0 Å². The van der Waals surface area contributed by atoms with Gasteiger partial charge in [0.05, 0.1) is 0 Å². The largest absolute Gasteiger partial charge is 0.460 e. The summed E-state index contributed by atoms with van der Waals surface area (Å²) in [5, 5.41) is 8.87. The minimum Gasteiger partial charge on any atom is -0.460 e. The number of hydrogen-bond acceptors (Lipinski definition) is 6. The van der Waals surface area contributed by atoms with Crippen LogP contribution >= 0.6 is 23.4 Å². The van der Waals surface area contributed by atoms with Crippen molar-refractivity contribution in [2.24, 2.45) is 0 Å². The summed E-state index contributed by atoms with van der Waals surface area (Å²) in [5.41, 5.74) is 2.99. The molecular formula is C20H19ClN2O3S. The van der Waals surface area contributed by atoms with E-state index in [1.54, 1.807) is 24.3 Å². The lowest BCUT2D eigenvalue weighted by atomic mass is 10.0. The van der Waals surface area contributed by atoms with Gasteiger partial charge in [-0.05, 0) is 41.3 Å². The molecule has 0 atom stereocenters. The highest BCUT2D eigenvalue weighted by Crippen LogP contribution is 2.24. The van der Waals surface area contributed by atoms with Crippen molar-refractivity contribution < 1.29 is 13.9 Å². The molecule has 0 spiro atoms. The molecule has 27 heavy (non-hydrogen) atoms. The Bertz CT molecular complexity index is 892. The van der Waals surface area contributed by atoms with Crippen molar-refractivity contribution in [2.45, 2.75) is 31.6 Å². The normalized spacial score (nSPS) is 11.0. The molecule has 7 heteroatoms. The Balaban J connectivity index is 1.47. The van der Waals surface area contributed by atoms with Gasteiger partial charge >= 0.3 is 5.97 Å². The first kappa shape index (κ1) is 19.5. The van der Waals surface area contributed by atoms with Crippen LogP contribution in [0.2, 0.25) is 5.02 Å². The van der Waals surface area contributed by atoms with Gasteiger partial charge in [-0.2, -0.15) is 0 Å². The SMILES string of the molecule is CC(C)c1ccc(COC(=O)CSc2nnc(-c3ccc(Cl)cc3)o2)cc1. The van der Waals surface area contributed by atoms with Crippen LogP contribution in [0.3, 0.4) is 0 Å². The van der Waals surface area contributed by atoms with E-state index in [0.717, 1.165) is 22.9 Å². The monoisotopic (exact) mass is 402 g/mol. The molecule has 0 unspecified atom stereocenters. The second kappa shape index (κ2) is 9.06. The molecule has 2 aromatic carbocycles. The number of halogens is 1. The molecule has 0 amide bonds. The minimum atomic E-state index is -0.334. The van der Waals surface area contributed by atoms with Gasteiger partial charge < -0.3 is 9.15 Å². The molecule has 0 aliphatic carbocycles. The molecule has 0 bridgehead atoms. The van der Waals surface area contributed by atoms with E-state index < -0.39 is 0 Å². The number of carbonyl (C=O) groups is 1. The van der Waals surface area contributed by atoms with E-state index in [9.17, 15) is 4.79 Å². The molecule has 0 aliphatic heterocycles. The summed E-state index contributed by atoms with van der Waals surface area (Å²) in [5.74, 6) is 0.629. The molecule has 0 radical (unpaired) electrons. The summed E-state index contributed by atoms with van der Waals surface area (Å²) >= 11 is 7.01. The molecule has 0 saturated carbocycles. The molecule has 3 rings (SSSR count). The zero-order chi connectivity index (χ0) is 19.2. The van der Waals surface area contributed by atoms with Crippen molar-refractivity contribution in [1.29, 1.82) is 0 Å². The van der Waals surface area contributed by atoms with Gasteiger partial charge in [0.15, 0.2) is 0 Å². The van der Waals surface area contributed by atoms with Gasteiger partial charge in [-0.3, -0.25) is 4.79 Å².